The summed E-state index contributed by atoms with van der Waals surface area (Å²) in [7, 11) is 0. The number of fused-ring (bicyclic) bond motifs is 1. The first kappa shape index (κ1) is 23.5. The van der Waals surface area contributed by atoms with Crippen LogP contribution in [0.4, 0.5) is 0 Å². The summed E-state index contributed by atoms with van der Waals surface area (Å²) in [6, 6.07) is 12.2. The SMILES string of the molecule is CC(C)(C)OC(=O)C(Cc1ccc(O)cc1)NC1CCc2cc(C=CC(=O)NO)ccc21. The zero-order valence-electron chi connectivity index (χ0n) is 18.6. The summed E-state index contributed by atoms with van der Waals surface area (Å²) >= 11 is 0. The number of benzene rings is 2. The van der Waals surface area contributed by atoms with E-state index < -0.39 is 17.6 Å². The van der Waals surface area contributed by atoms with Gasteiger partial charge in [-0.05, 0) is 80.5 Å². The lowest BCUT2D eigenvalue weighted by molar-refractivity contribution is -0.157. The largest absolute Gasteiger partial charge is 0.508 e. The van der Waals surface area contributed by atoms with Gasteiger partial charge in [0.05, 0.1) is 0 Å². The lowest BCUT2D eigenvalue weighted by Crippen LogP contribution is -2.44. The van der Waals surface area contributed by atoms with E-state index in [9.17, 15) is 14.7 Å². The van der Waals surface area contributed by atoms with Crippen molar-refractivity contribution in [1.29, 1.82) is 0 Å². The third-order valence-electron chi connectivity index (χ3n) is 5.25. The first-order chi connectivity index (χ1) is 15.1. The van der Waals surface area contributed by atoms with Crippen molar-refractivity contribution in [3.63, 3.8) is 0 Å². The molecule has 2 unspecified atom stereocenters. The van der Waals surface area contributed by atoms with Crippen LogP contribution in [0.1, 0.15) is 55.5 Å². The van der Waals surface area contributed by atoms with Crippen molar-refractivity contribution in [3.05, 3.63) is 70.8 Å². The van der Waals surface area contributed by atoms with E-state index in [0.717, 1.165) is 35.1 Å². The number of esters is 1. The first-order valence-corrected chi connectivity index (χ1v) is 10.7. The second kappa shape index (κ2) is 9.97. The Morgan fingerprint density at radius 2 is 1.91 bits per heavy atom. The normalized spacial score (nSPS) is 16.6. The number of phenolic OH excluding ortho intramolecular Hbond substituents is 1. The van der Waals surface area contributed by atoms with Crippen molar-refractivity contribution in [2.24, 2.45) is 0 Å². The number of phenols is 1. The average molecular weight is 439 g/mol. The van der Waals surface area contributed by atoms with Crippen LogP contribution in [-0.4, -0.2) is 33.8 Å². The van der Waals surface area contributed by atoms with Gasteiger partial charge >= 0.3 is 5.97 Å². The molecule has 0 bridgehead atoms. The molecule has 4 N–H and O–H groups in total. The van der Waals surface area contributed by atoms with Crippen molar-refractivity contribution >= 4 is 18.0 Å². The molecule has 0 spiro atoms. The van der Waals surface area contributed by atoms with E-state index in [-0.39, 0.29) is 17.8 Å². The van der Waals surface area contributed by atoms with Gasteiger partial charge in [0, 0.05) is 12.1 Å². The molecular weight excluding hydrogens is 408 g/mol. The fraction of sp³-hybridized carbons (Fsp3) is 0.360. The molecule has 0 aliphatic heterocycles. The molecule has 0 fully saturated rings. The summed E-state index contributed by atoms with van der Waals surface area (Å²) in [5.74, 6) is -0.713. The molecule has 1 aliphatic rings. The van der Waals surface area contributed by atoms with E-state index in [1.807, 2.05) is 39.0 Å². The Bertz CT molecular complexity index is 992. The number of carbonyl (C=O) groups is 2. The zero-order chi connectivity index (χ0) is 23.3. The molecule has 2 atom stereocenters. The molecule has 2 aromatic carbocycles. The van der Waals surface area contributed by atoms with Crippen molar-refractivity contribution in [2.75, 3.05) is 0 Å². The number of hydrogen-bond acceptors (Lipinski definition) is 6. The Kier molecular flexibility index (Phi) is 7.33. The number of ether oxygens (including phenoxy) is 1. The van der Waals surface area contributed by atoms with Gasteiger partial charge in [0.1, 0.15) is 17.4 Å². The number of rotatable bonds is 7. The first-order valence-electron chi connectivity index (χ1n) is 10.7. The molecular formula is C25H30N2O5. The summed E-state index contributed by atoms with van der Waals surface area (Å²) in [5, 5.41) is 21.6. The van der Waals surface area contributed by atoms with Crippen molar-refractivity contribution < 1.29 is 24.6 Å². The van der Waals surface area contributed by atoms with Crippen LogP contribution in [0.2, 0.25) is 0 Å². The van der Waals surface area contributed by atoms with Gasteiger partial charge in [-0.25, -0.2) is 5.48 Å². The van der Waals surface area contributed by atoms with Crippen molar-refractivity contribution in [3.8, 4) is 5.75 Å². The minimum absolute atomic E-state index is 0.00148. The number of hydrogen-bond donors (Lipinski definition) is 4. The summed E-state index contributed by atoms with van der Waals surface area (Å²) < 4.78 is 5.66. The van der Waals surface area contributed by atoms with Crippen LogP contribution in [0.5, 0.6) is 5.75 Å². The predicted octanol–water partition coefficient (Wildman–Crippen LogP) is 3.44. The number of nitrogens with one attached hydrogen (secondary N) is 2. The van der Waals surface area contributed by atoms with Crippen molar-refractivity contribution in [1.82, 2.24) is 10.8 Å². The number of aromatic hydroxyl groups is 1. The molecule has 0 saturated heterocycles. The number of carbonyl (C=O) groups excluding carboxylic acids is 2. The fourth-order valence-electron chi connectivity index (χ4n) is 3.82. The third-order valence-corrected chi connectivity index (χ3v) is 5.25. The average Bonchev–Trinajstić information content (AvgIpc) is 3.13. The molecule has 2 aromatic rings. The maximum Gasteiger partial charge on any atom is 0.324 e. The molecule has 7 heteroatoms. The van der Waals surface area contributed by atoms with E-state index in [0.29, 0.717) is 6.42 Å². The van der Waals surface area contributed by atoms with Gasteiger partial charge in [-0.15, -0.1) is 0 Å². The second-order valence-corrected chi connectivity index (χ2v) is 8.98. The van der Waals surface area contributed by atoms with E-state index in [4.69, 9.17) is 9.94 Å². The standard InChI is InChI=1S/C25H30N2O5/c1-25(2,3)32-24(30)22(15-17-4-9-19(28)10-5-17)26-21-12-8-18-14-16(6-11-20(18)21)7-13-23(29)27-31/h4-7,9-11,13-14,21-22,26,28,31H,8,12,15H2,1-3H3,(H,27,29). The number of amides is 1. The fourth-order valence-corrected chi connectivity index (χ4v) is 3.82. The lowest BCUT2D eigenvalue weighted by Gasteiger charge is -2.27. The van der Waals surface area contributed by atoms with Crippen LogP contribution >= 0.6 is 0 Å². The zero-order valence-corrected chi connectivity index (χ0v) is 18.6. The highest BCUT2D eigenvalue weighted by atomic mass is 16.6. The van der Waals surface area contributed by atoms with Crippen LogP contribution < -0.4 is 10.8 Å². The highest BCUT2D eigenvalue weighted by Gasteiger charge is 2.31. The van der Waals surface area contributed by atoms with Crippen LogP contribution in [0.15, 0.2) is 48.5 Å². The minimum atomic E-state index is -0.596. The number of hydroxylamine groups is 1. The minimum Gasteiger partial charge on any atom is -0.508 e. The molecule has 1 amide bonds. The molecule has 0 radical (unpaired) electrons. The molecule has 0 aromatic heterocycles. The van der Waals surface area contributed by atoms with Crippen LogP contribution in [0, 0.1) is 0 Å². The van der Waals surface area contributed by atoms with Gasteiger partial charge in [0.25, 0.3) is 5.91 Å². The summed E-state index contributed by atoms with van der Waals surface area (Å²) in [4.78, 5) is 24.2. The van der Waals surface area contributed by atoms with Crippen LogP contribution in [-0.2, 0) is 27.2 Å². The molecule has 170 valence electrons. The van der Waals surface area contributed by atoms with Gasteiger partial charge in [-0.3, -0.25) is 20.1 Å². The summed E-state index contributed by atoms with van der Waals surface area (Å²) in [6.45, 7) is 5.54. The van der Waals surface area contributed by atoms with E-state index >= 15 is 0 Å². The Hall–Kier alpha value is -3.16. The maximum atomic E-state index is 13.0. The lowest BCUT2D eigenvalue weighted by atomic mass is 10.0. The maximum absolute atomic E-state index is 13.0. The molecule has 3 rings (SSSR count). The van der Waals surface area contributed by atoms with Crippen LogP contribution in [0.3, 0.4) is 0 Å². The van der Waals surface area contributed by atoms with E-state index in [1.54, 1.807) is 35.8 Å². The van der Waals surface area contributed by atoms with Gasteiger partial charge in [-0.2, -0.15) is 0 Å². The summed E-state index contributed by atoms with van der Waals surface area (Å²) in [6.07, 6.45) is 5.04. The molecule has 0 saturated carbocycles. The van der Waals surface area contributed by atoms with E-state index in [2.05, 4.69) is 5.32 Å². The predicted molar refractivity (Wildman–Crippen MR) is 121 cm³/mol. The Balaban J connectivity index is 1.78. The topological polar surface area (TPSA) is 108 Å². The van der Waals surface area contributed by atoms with Crippen LogP contribution in [0.25, 0.3) is 6.08 Å². The third kappa shape index (κ3) is 6.42. The van der Waals surface area contributed by atoms with Gasteiger partial charge in [0.15, 0.2) is 0 Å². The smallest absolute Gasteiger partial charge is 0.324 e. The molecule has 1 aliphatic carbocycles. The Labute approximate surface area is 188 Å². The molecule has 32 heavy (non-hydrogen) atoms. The van der Waals surface area contributed by atoms with Gasteiger partial charge in [0.2, 0.25) is 0 Å². The quantitative estimate of drug-likeness (QED) is 0.228. The van der Waals surface area contributed by atoms with Gasteiger partial charge < -0.3 is 9.84 Å². The summed E-state index contributed by atoms with van der Waals surface area (Å²) in [5.41, 5.74) is 5.03. The highest BCUT2D eigenvalue weighted by Crippen LogP contribution is 2.33. The molecule has 7 nitrogen and oxygen atoms in total. The Morgan fingerprint density at radius 3 is 2.56 bits per heavy atom. The molecule has 0 heterocycles. The van der Waals surface area contributed by atoms with Gasteiger partial charge in [-0.1, -0.05) is 30.3 Å². The second-order valence-electron chi connectivity index (χ2n) is 8.98. The Morgan fingerprint density at radius 1 is 1.19 bits per heavy atom. The van der Waals surface area contributed by atoms with Crippen molar-refractivity contribution in [2.45, 2.75) is 57.7 Å². The van der Waals surface area contributed by atoms with E-state index in [1.165, 1.54) is 6.08 Å². The number of aryl methyl sites for hydroxylation is 1. The monoisotopic (exact) mass is 438 g/mol. The highest BCUT2D eigenvalue weighted by molar-refractivity contribution is 5.90.